The van der Waals surface area contributed by atoms with Crippen LogP contribution < -0.4 is 10.6 Å². The van der Waals surface area contributed by atoms with E-state index >= 15 is 0 Å². The first-order valence-electron chi connectivity index (χ1n) is 7.28. The molecule has 0 radical (unpaired) electrons. The van der Waals surface area contributed by atoms with Crippen molar-refractivity contribution in [1.82, 2.24) is 10.6 Å². The number of hydrogen-bond donors (Lipinski definition) is 2. The lowest BCUT2D eigenvalue weighted by Crippen LogP contribution is -2.51. The summed E-state index contributed by atoms with van der Waals surface area (Å²) in [5, 5.41) is 7.12. The summed E-state index contributed by atoms with van der Waals surface area (Å²) >= 11 is 1.71. The molecular formula is C15H29N3OS. The van der Waals surface area contributed by atoms with Gasteiger partial charge in [0.25, 0.3) is 0 Å². The lowest BCUT2D eigenvalue weighted by molar-refractivity contribution is -0.123. The van der Waals surface area contributed by atoms with Gasteiger partial charge < -0.3 is 10.6 Å². The maximum Gasteiger partial charge on any atom is 0.242 e. The van der Waals surface area contributed by atoms with Crippen molar-refractivity contribution in [2.45, 2.75) is 72.5 Å². The SMILES string of the molecule is CC(NC1=NC(C(C)(C)C)CCS1)C(=O)NC(C)(C)C. The third-order valence-electron chi connectivity index (χ3n) is 3.13. The zero-order chi connectivity index (χ0) is 15.6. The van der Waals surface area contributed by atoms with E-state index in [1.165, 1.54) is 0 Å². The summed E-state index contributed by atoms with van der Waals surface area (Å²) in [5.41, 5.74) is -0.0344. The molecule has 0 saturated carbocycles. The van der Waals surface area contributed by atoms with Gasteiger partial charge >= 0.3 is 0 Å². The largest absolute Gasteiger partial charge is 0.353 e. The molecule has 0 bridgehead atoms. The summed E-state index contributed by atoms with van der Waals surface area (Å²) in [5.74, 6) is 1.07. The minimum absolute atomic E-state index is 0.0127. The van der Waals surface area contributed by atoms with E-state index in [-0.39, 0.29) is 22.9 Å². The van der Waals surface area contributed by atoms with Crippen molar-refractivity contribution in [3.63, 3.8) is 0 Å². The van der Waals surface area contributed by atoms with Crippen LogP contribution in [-0.2, 0) is 4.79 Å². The van der Waals surface area contributed by atoms with E-state index < -0.39 is 0 Å². The number of hydrogen-bond acceptors (Lipinski definition) is 4. The van der Waals surface area contributed by atoms with Gasteiger partial charge in [-0.25, -0.2) is 0 Å². The number of nitrogens with zero attached hydrogens (tertiary/aromatic N) is 1. The van der Waals surface area contributed by atoms with Gasteiger partial charge in [0.05, 0.1) is 6.04 Å². The quantitative estimate of drug-likeness (QED) is 0.824. The molecule has 2 N–H and O–H groups in total. The highest BCUT2D eigenvalue weighted by molar-refractivity contribution is 8.13. The number of rotatable bonds is 2. The van der Waals surface area contributed by atoms with E-state index in [0.29, 0.717) is 6.04 Å². The fraction of sp³-hybridized carbons (Fsp3) is 0.867. The van der Waals surface area contributed by atoms with Gasteiger partial charge in [-0.15, -0.1) is 0 Å². The lowest BCUT2D eigenvalue weighted by atomic mass is 9.85. The molecule has 1 rings (SSSR count). The molecule has 1 aliphatic heterocycles. The third-order valence-corrected chi connectivity index (χ3v) is 4.07. The minimum atomic E-state index is -0.265. The molecule has 0 aromatic heterocycles. The van der Waals surface area contributed by atoms with Crippen LogP contribution in [0, 0.1) is 5.41 Å². The molecule has 2 atom stereocenters. The Morgan fingerprint density at radius 3 is 2.40 bits per heavy atom. The number of thioether (sulfide) groups is 1. The summed E-state index contributed by atoms with van der Waals surface area (Å²) in [6.07, 6.45) is 1.10. The second-order valence-electron chi connectivity index (χ2n) is 7.56. The summed E-state index contributed by atoms with van der Waals surface area (Å²) in [4.78, 5) is 16.8. The maximum atomic E-state index is 12.1. The van der Waals surface area contributed by atoms with Crippen LogP contribution in [0.25, 0.3) is 0 Å². The molecule has 4 nitrogen and oxygen atoms in total. The zero-order valence-electron chi connectivity index (χ0n) is 13.8. The summed E-state index contributed by atoms with van der Waals surface area (Å²) in [6.45, 7) is 14.5. The summed E-state index contributed by atoms with van der Waals surface area (Å²) in [7, 11) is 0. The van der Waals surface area contributed by atoms with Crippen LogP contribution in [0.4, 0.5) is 0 Å². The van der Waals surface area contributed by atoms with Crippen LogP contribution in [0.3, 0.4) is 0 Å². The second kappa shape index (κ2) is 6.37. The van der Waals surface area contributed by atoms with Crippen LogP contribution in [0.1, 0.15) is 54.9 Å². The molecule has 0 aromatic rings. The highest BCUT2D eigenvalue weighted by Crippen LogP contribution is 2.30. The summed E-state index contributed by atoms with van der Waals surface area (Å²) in [6, 6.07) is 0.0586. The van der Waals surface area contributed by atoms with Crippen molar-refractivity contribution >= 4 is 22.8 Å². The minimum Gasteiger partial charge on any atom is -0.353 e. The highest BCUT2D eigenvalue weighted by atomic mass is 32.2. The first-order valence-corrected chi connectivity index (χ1v) is 8.27. The normalized spacial score (nSPS) is 21.9. The van der Waals surface area contributed by atoms with Crippen molar-refractivity contribution in [3.05, 3.63) is 0 Å². The van der Waals surface area contributed by atoms with Gasteiger partial charge in [-0.3, -0.25) is 9.79 Å². The first-order chi connectivity index (χ1) is 8.99. The monoisotopic (exact) mass is 299 g/mol. The number of aliphatic imine (C=N–C) groups is 1. The Balaban J connectivity index is 2.63. The number of amidine groups is 1. The van der Waals surface area contributed by atoms with Gasteiger partial charge in [0.15, 0.2) is 5.17 Å². The topological polar surface area (TPSA) is 53.5 Å². The molecule has 0 fully saturated rings. The predicted octanol–water partition coefficient (Wildman–Crippen LogP) is 2.79. The van der Waals surface area contributed by atoms with E-state index in [1.807, 2.05) is 27.7 Å². The number of nitrogens with one attached hydrogen (secondary N) is 2. The highest BCUT2D eigenvalue weighted by Gasteiger charge is 2.28. The predicted molar refractivity (Wildman–Crippen MR) is 88.2 cm³/mol. The molecule has 20 heavy (non-hydrogen) atoms. The van der Waals surface area contributed by atoms with Gasteiger partial charge in [-0.1, -0.05) is 32.5 Å². The molecular weight excluding hydrogens is 270 g/mol. The molecule has 2 unspecified atom stereocenters. The molecule has 1 amide bonds. The van der Waals surface area contributed by atoms with Gasteiger partial charge in [0.1, 0.15) is 6.04 Å². The molecule has 0 aliphatic carbocycles. The molecule has 1 heterocycles. The van der Waals surface area contributed by atoms with Crippen LogP contribution >= 0.6 is 11.8 Å². The number of carbonyl (C=O) groups is 1. The van der Waals surface area contributed by atoms with Crippen molar-refractivity contribution in [2.75, 3.05) is 5.75 Å². The van der Waals surface area contributed by atoms with E-state index in [4.69, 9.17) is 4.99 Å². The second-order valence-corrected chi connectivity index (χ2v) is 8.64. The number of carbonyl (C=O) groups excluding carboxylic acids is 1. The molecule has 0 saturated heterocycles. The van der Waals surface area contributed by atoms with Crippen LogP contribution in [0.5, 0.6) is 0 Å². The Morgan fingerprint density at radius 1 is 1.30 bits per heavy atom. The fourth-order valence-electron chi connectivity index (χ4n) is 1.94. The van der Waals surface area contributed by atoms with Crippen LogP contribution in [0.2, 0.25) is 0 Å². The Morgan fingerprint density at radius 2 is 1.90 bits per heavy atom. The smallest absolute Gasteiger partial charge is 0.242 e. The standard InChI is InChI=1S/C15H29N3OS/c1-10(12(19)18-15(5,6)7)16-13-17-11(8-9-20-13)14(2,3)4/h10-11H,8-9H2,1-7H3,(H,16,17)(H,18,19). The Kier molecular flexibility index (Phi) is 5.53. The lowest BCUT2D eigenvalue weighted by Gasteiger charge is -2.32. The van der Waals surface area contributed by atoms with E-state index in [1.54, 1.807) is 11.8 Å². The average molecular weight is 299 g/mol. The zero-order valence-corrected chi connectivity index (χ0v) is 14.6. The van der Waals surface area contributed by atoms with E-state index in [9.17, 15) is 4.79 Å². The van der Waals surface area contributed by atoms with Gasteiger partial charge in [0, 0.05) is 11.3 Å². The van der Waals surface area contributed by atoms with Crippen molar-refractivity contribution in [2.24, 2.45) is 10.4 Å². The average Bonchev–Trinajstić information content (AvgIpc) is 2.25. The summed E-state index contributed by atoms with van der Waals surface area (Å²) < 4.78 is 0. The first kappa shape index (κ1) is 17.3. The van der Waals surface area contributed by atoms with E-state index in [2.05, 4.69) is 31.4 Å². The third kappa shape index (κ3) is 5.73. The van der Waals surface area contributed by atoms with Gasteiger partial charge in [0.2, 0.25) is 5.91 Å². The van der Waals surface area contributed by atoms with Gasteiger partial charge in [-0.2, -0.15) is 0 Å². The Bertz CT molecular complexity index is 380. The Labute approximate surface area is 127 Å². The van der Waals surface area contributed by atoms with Crippen molar-refractivity contribution in [3.8, 4) is 0 Å². The maximum absolute atomic E-state index is 12.1. The Hall–Kier alpha value is -0.710. The van der Waals surface area contributed by atoms with Crippen LogP contribution in [0.15, 0.2) is 4.99 Å². The van der Waals surface area contributed by atoms with Gasteiger partial charge in [-0.05, 0) is 39.5 Å². The van der Waals surface area contributed by atoms with E-state index in [0.717, 1.165) is 17.3 Å². The molecule has 116 valence electrons. The van der Waals surface area contributed by atoms with Crippen LogP contribution in [-0.4, -0.2) is 34.5 Å². The molecule has 1 aliphatic rings. The molecule has 5 heteroatoms. The van der Waals surface area contributed by atoms with Crippen molar-refractivity contribution in [1.29, 1.82) is 0 Å². The van der Waals surface area contributed by atoms with Crippen molar-refractivity contribution < 1.29 is 4.79 Å². The molecule has 0 aromatic carbocycles. The molecule has 0 spiro atoms. The number of amides is 1. The fourth-order valence-corrected chi connectivity index (χ4v) is 2.94.